The number of hydrogen-bond donors (Lipinski definition) is 1. The van der Waals surface area contributed by atoms with Crippen LogP contribution in [0.25, 0.3) is 0 Å². The van der Waals surface area contributed by atoms with Crippen molar-refractivity contribution in [1.82, 2.24) is 10.2 Å². The molecule has 3 heteroatoms. The van der Waals surface area contributed by atoms with Crippen molar-refractivity contribution in [3.05, 3.63) is 12.7 Å². The smallest absolute Gasteiger partial charge is 0.240 e. The van der Waals surface area contributed by atoms with Gasteiger partial charge in [0.1, 0.15) is 0 Å². The second-order valence-electron chi connectivity index (χ2n) is 5.22. The van der Waals surface area contributed by atoms with Gasteiger partial charge in [-0.25, -0.2) is 0 Å². The maximum absolute atomic E-state index is 12.5. The van der Waals surface area contributed by atoms with Crippen LogP contribution in [0.15, 0.2) is 12.7 Å². The van der Waals surface area contributed by atoms with Crippen molar-refractivity contribution in [2.24, 2.45) is 0 Å². The maximum atomic E-state index is 12.5. The summed E-state index contributed by atoms with van der Waals surface area (Å²) < 4.78 is 0. The van der Waals surface area contributed by atoms with Gasteiger partial charge < -0.3 is 10.2 Å². The third kappa shape index (κ3) is 3.09. The van der Waals surface area contributed by atoms with E-state index < -0.39 is 0 Å². The lowest BCUT2D eigenvalue weighted by atomic mass is 10.0. The highest BCUT2D eigenvalue weighted by Gasteiger charge is 2.30. The van der Waals surface area contributed by atoms with E-state index in [9.17, 15) is 4.79 Å². The summed E-state index contributed by atoms with van der Waals surface area (Å²) >= 11 is 0. The Morgan fingerprint density at radius 1 is 1.24 bits per heavy atom. The Hall–Kier alpha value is -0.830. The fraction of sp³-hybridized carbons (Fsp3) is 0.786. The number of nitrogens with one attached hydrogen (secondary N) is 1. The first-order valence-electron chi connectivity index (χ1n) is 6.97. The Morgan fingerprint density at radius 2 is 1.94 bits per heavy atom. The van der Waals surface area contributed by atoms with E-state index in [1.165, 1.54) is 38.5 Å². The summed E-state index contributed by atoms with van der Waals surface area (Å²) in [5, 5.41) is 3.36. The van der Waals surface area contributed by atoms with Crippen LogP contribution in [0.2, 0.25) is 0 Å². The van der Waals surface area contributed by atoms with Gasteiger partial charge in [0, 0.05) is 12.6 Å². The third-order valence-electron chi connectivity index (χ3n) is 3.98. The fourth-order valence-corrected chi connectivity index (χ4v) is 3.04. The molecule has 0 aromatic heterocycles. The minimum atomic E-state index is 0.0595. The molecule has 3 nitrogen and oxygen atoms in total. The van der Waals surface area contributed by atoms with E-state index in [0.717, 1.165) is 13.0 Å². The molecular formula is C14H24N2O. The molecule has 1 aliphatic heterocycles. The molecule has 0 spiro atoms. The highest BCUT2D eigenvalue weighted by atomic mass is 16.2. The molecule has 1 unspecified atom stereocenters. The molecule has 1 atom stereocenters. The van der Waals surface area contributed by atoms with E-state index in [4.69, 9.17) is 0 Å². The Balaban J connectivity index is 1.97. The van der Waals surface area contributed by atoms with Crippen LogP contribution < -0.4 is 5.32 Å². The van der Waals surface area contributed by atoms with Crippen molar-refractivity contribution in [3.63, 3.8) is 0 Å². The van der Waals surface area contributed by atoms with E-state index in [1.54, 1.807) is 0 Å². The van der Waals surface area contributed by atoms with Gasteiger partial charge in [-0.05, 0) is 32.2 Å². The van der Waals surface area contributed by atoms with Gasteiger partial charge in [0.15, 0.2) is 0 Å². The van der Waals surface area contributed by atoms with Crippen molar-refractivity contribution in [1.29, 1.82) is 0 Å². The maximum Gasteiger partial charge on any atom is 0.240 e. The summed E-state index contributed by atoms with van der Waals surface area (Å²) in [6, 6.07) is 0.522. The van der Waals surface area contributed by atoms with E-state index >= 15 is 0 Å². The zero-order valence-corrected chi connectivity index (χ0v) is 10.7. The summed E-state index contributed by atoms with van der Waals surface area (Å²) in [5.41, 5.74) is 0. The zero-order valence-electron chi connectivity index (χ0n) is 10.7. The molecule has 0 aromatic carbocycles. The van der Waals surface area contributed by atoms with Crippen LogP contribution in [0.5, 0.6) is 0 Å². The van der Waals surface area contributed by atoms with Gasteiger partial charge in [-0.3, -0.25) is 4.79 Å². The average molecular weight is 236 g/mol. The Labute approximate surface area is 104 Å². The largest absolute Gasteiger partial charge is 0.335 e. The van der Waals surface area contributed by atoms with Gasteiger partial charge in [-0.1, -0.05) is 25.3 Å². The molecule has 2 rings (SSSR count). The standard InChI is InChI=1S/C14H24N2O/c1-2-11-16(12-7-3-4-8-12)14(17)13-9-5-6-10-15-13/h2,12-13,15H,1,3-11H2. The zero-order chi connectivity index (χ0) is 12.1. The van der Waals surface area contributed by atoms with Gasteiger partial charge in [0.2, 0.25) is 5.91 Å². The van der Waals surface area contributed by atoms with Crippen molar-refractivity contribution in [2.45, 2.75) is 57.0 Å². The highest BCUT2D eigenvalue weighted by molar-refractivity contribution is 5.82. The Kier molecular flexibility index (Phi) is 4.60. The van der Waals surface area contributed by atoms with Crippen LogP contribution in [0.4, 0.5) is 0 Å². The lowest BCUT2D eigenvalue weighted by molar-refractivity contribution is -0.135. The number of carbonyl (C=O) groups excluding carboxylic acids is 1. The molecule has 1 amide bonds. The average Bonchev–Trinajstić information content (AvgIpc) is 2.90. The molecule has 1 N–H and O–H groups in total. The summed E-state index contributed by atoms with van der Waals surface area (Å²) in [6.07, 6.45) is 10.1. The Bertz CT molecular complexity index is 265. The summed E-state index contributed by atoms with van der Waals surface area (Å²) in [7, 11) is 0. The predicted octanol–water partition coefficient (Wildman–Crippen LogP) is 2.09. The lowest BCUT2D eigenvalue weighted by Gasteiger charge is -2.33. The van der Waals surface area contributed by atoms with Gasteiger partial charge in [0.05, 0.1) is 6.04 Å². The minimum absolute atomic E-state index is 0.0595. The van der Waals surface area contributed by atoms with E-state index in [2.05, 4.69) is 16.8 Å². The second kappa shape index (κ2) is 6.20. The number of carbonyl (C=O) groups is 1. The molecule has 1 heterocycles. The first-order chi connectivity index (χ1) is 8.33. The molecule has 17 heavy (non-hydrogen) atoms. The molecule has 1 aliphatic carbocycles. The number of piperidine rings is 1. The monoisotopic (exact) mass is 236 g/mol. The first-order valence-corrected chi connectivity index (χ1v) is 6.97. The molecule has 0 aromatic rings. The summed E-state index contributed by atoms with van der Waals surface area (Å²) in [6.45, 7) is 5.48. The van der Waals surface area contributed by atoms with Crippen LogP contribution in [0.1, 0.15) is 44.9 Å². The van der Waals surface area contributed by atoms with Crippen LogP contribution in [0.3, 0.4) is 0 Å². The minimum Gasteiger partial charge on any atom is -0.335 e. The van der Waals surface area contributed by atoms with Crippen molar-refractivity contribution < 1.29 is 4.79 Å². The number of amides is 1. The van der Waals surface area contributed by atoms with Crippen molar-refractivity contribution in [3.8, 4) is 0 Å². The van der Waals surface area contributed by atoms with Crippen molar-refractivity contribution in [2.75, 3.05) is 13.1 Å². The van der Waals surface area contributed by atoms with Crippen LogP contribution >= 0.6 is 0 Å². The normalized spacial score (nSPS) is 25.8. The molecule has 0 bridgehead atoms. The van der Waals surface area contributed by atoms with Gasteiger partial charge in [0.25, 0.3) is 0 Å². The molecule has 0 radical (unpaired) electrons. The SMILES string of the molecule is C=CCN(C(=O)C1CCCCN1)C1CCCC1. The molecule has 2 aliphatic rings. The molecule has 2 fully saturated rings. The molecule has 1 saturated carbocycles. The van der Waals surface area contributed by atoms with Gasteiger partial charge in [-0.2, -0.15) is 0 Å². The van der Waals surface area contributed by atoms with Crippen LogP contribution in [-0.4, -0.2) is 36.0 Å². The van der Waals surface area contributed by atoms with Crippen LogP contribution in [-0.2, 0) is 4.79 Å². The van der Waals surface area contributed by atoms with E-state index in [-0.39, 0.29) is 6.04 Å². The fourth-order valence-electron chi connectivity index (χ4n) is 3.04. The quantitative estimate of drug-likeness (QED) is 0.758. The molecule has 96 valence electrons. The predicted molar refractivity (Wildman–Crippen MR) is 69.8 cm³/mol. The first kappa shape index (κ1) is 12.6. The van der Waals surface area contributed by atoms with Crippen LogP contribution in [0, 0.1) is 0 Å². The number of nitrogens with zero attached hydrogens (tertiary/aromatic N) is 1. The van der Waals surface area contributed by atoms with Crippen molar-refractivity contribution >= 4 is 5.91 Å². The lowest BCUT2D eigenvalue weighted by Crippen LogP contribution is -2.51. The summed E-state index contributed by atoms with van der Waals surface area (Å²) in [5.74, 6) is 0.302. The molecule has 1 saturated heterocycles. The topological polar surface area (TPSA) is 32.3 Å². The number of hydrogen-bond acceptors (Lipinski definition) is 2. The third-order valence-corrected chi connectivity index (χ3v) is 3.98. The van der Waals surface area contributed by atoms with Gasteiger partial charge in [-0.15, -0.1) is 6.58 Å². The number of rotatable bonds is 4. The van der Waals surface area contributed by atoms with E-state index in [0.29, 0.717) is 18.5 Å². The highest BCUT2D eigenvalue weighted by Crippen LogP contribution is 2.24. The second-order valence-corrected chi connectivity index (χ2v) is 5.22. The van der Waals surface area contributed by atoms with E-state index in [1.807, 2.05) is 6.08 Å². The Morgan fingerprint density at radius 3 is 2.53 bits per heavy atom. The summed E-state index contributed by atoms with van der Waals surface area (Å²) in [4.78, 5) is 14.5. The van der Waals surface area contributed by atoms with Gasteiger partial charge >= 0.3 is 0 Å². The molecular weight excluding hydrogens is 212 g/mol.